The molecule has 0 bridgehead atoms. The molecule has 198 valence electrons. The van der Waals surface area contributed by atoms with Crippen LogP contribution in [0.2, 0.25) is 0 Å². The number of hydrogen-bond donors (Lipinski definition) is 2. The number of nitrogens with zero attached hydrogens (tertiary/aromatic N) is 6. The van der Waals surface area contributed by atoms with Gasteiger partial charge in [0.1, 0.15) is 5.52 Å². The molecule has 37 heavy (non-hydrogen) atoms. The Morgan fingerprint density at radius 1 is 0.973 bits per heavy atom. The van der Waals surface area contributed by atoms with Gasteiger partial charge in [0, 0.05) is 57.3 Å². The maximum Gasteiger partial charge on any atom is 0.229 e. The van der Waals surface area contributed by atoms with Gasteiger partial charge in [-0.1, -0.05) is 6.08 Å². The van der Waals surface area contributed by atoms with E-state index in [0.29, 0.717) is 24.1 Å². The Bertz CT molecular complexity index is 1190. The van der Waals surface area contributed by atoms with Gasteiger partial charge in [-0.15, -0.1) is 6.58 Å². The minimum Gasteiger partial charge on any atom is -0.381 e. The van der Waals surface area contributed by atoms with Gasteiger partial charge in [-0.3, -0.25) is 9.58 Å². The van der Waals surface area contributed by atoms with E-state index in [9.17, 15) is 0 Å². The molecule has 0 amide bonds. The number of fused-ring (bicyclic) bond motifs is 1. The number of ether oxygens (including phenoxy) is 2. The summed E-state index contributed by atoms with van der Waals surface area (Å²) in [7, 11) is 0. The van der Waals surface area contributed by atoms with Crippen molar-refractivity contribution in [2.24, 2.45) is 0 Å². The molecule has 3 aromatic rings. The van der Waals surface area contributed by atoms with E-state index in [0.717, 1.165) is 94.3 Å². The van der Waals surface area contributed by atoms with Crippen molar-refractivity contribution in [3.63, 3.8) is 0 Å². The summed E-state index contributed by atoms with van der Waals surface area (Å²) >= 11 is 0. The van der Waals surface area contributed by atoms with E-state index < -0.39 is 0 Å². The number of aromatic nitrogens is 5. The van der Waals surface area contributed by atoms with Gasteiger partial charge in [-0.05, 0) is 44.6 Å². The molecule has 2 N–H and O–H groups in total. The first-order chi connectivity index (χ1) is 18.3. The van der Waals surface area contributed by atoms with Crippen LogP contribution >= 0.6 is 0 Å². The minimum absolute atomic E-state index is 0.380. The maximum atomic E-state index is 5.55. The summed E-state index contributed by atoms with van der Waals surface area (Å²) in [5.74, 6) is 1.46. The SMILES string of the molecule is C=CCn1ccc2nc(Nc3cnn(C4CCOCC4)c3)nc(N[C@H]3CC[C@H](N4CCOCC4)CC3)c21. The monoisotopic (exact) mass is 506 g/mol. The van der Waals surface area contributed by atoms with Gasteiger partial charge >= 0.3 is 0 Å². The molecule has 0 aromatic carbocycles. The summed E-state index contributed by atoms with van der Waals surface area (Å²) < 4.78 is 15.2. The highest BCUT2D eigenvalue weighted by atomic mass is 16.5. The van der Waals surface area contributed by atoms with Crippen molar-refractivity contribution in [2.45, 2.75) is 63.2 Å². The van der Waals surface area contributed by atoms with Gasteiger partial charge in [0.2, 0.25) is 5.95 Å². The second-order valence-electron chi connectivity index (χ2n) is 10.4. The lowest BCUT2D eigenvalue weighted by molar-refractivity contribution is 0.00791. The van der Waals surface area contributed by atoms with Crippen LogP contribution in [0.25, 0.3) is 11.0 Å². The number of anilines is 3. The Hall–Kier alpha value is -2.95. The molecule has 0 radical (unpaired) electrons. The van der Waals surface area contributed by atoms with Crippen molar-refractivity contribution in [3.05, 3.63) is 37.3 Å². The molecule has 2 saturated heterocycles. The van der Waals surface area contributed by atoms with Gasteiger partial charge in [-0.25, -0.2) is 4.98 Å². The number of nitrogens with one attached hydrogen (secondary N) is 2. The first-order valence-electron chi connectivity index (χ1n) is 13.7. The zero-order chi connectivity index (χ0) is 25.0. The summed E-state index contributed by atoms with van der Waals surface area (Å²) in [4.78, 5) is 12.4. The fourth-order valence-corrected chi connectivity index (χ4v) is 5.96. The van der Waals surface area contributed by atoms with E-state index in [1.807, 2.05) is 23.2 Å². The molecule has 0 spiro atoms. The standard InChI is InChI=1S/C27H38N8O2/c1-2-10-34-11-7-24-25(34)26(29-20-3-5-22(6-4-20)33-12-16-37-17-13-33)32-27(31-24)30-21-18-28-35(19-21)23-8-14-36-15-9-23/h2,7,11,18-20,22-23H,1,3-6,8-10,12-17H2,(H2,29,30,31,32)/t20-,22-. The average molecular weight is 507 g/mol. The van der Waals surface area contributed by atoms with Crippen LogP contribution in [-0.4, -0.2) is 80.8 Å². The van der Waals surface area contributed by atoms with E-state index in [1.165, 1.54) is 12.8 Å². The molecule has 0 atom stereocenters. The van der Waals surface area contributed by atoms with Gasteiger partial charge < -0.3 is 24.7 Å². The molecule has 5 heterocycles. The smallest absolute Gasteiger partial charge is 0.229 e. The predicted molar refractivity (Wildman–Crippen MR) is 144 cm³/mol. The second kappa shape index (κ2) is 11.2. The van der Waals surface area contributed by atoms with Crippen molar-refractivity contribution in [2.75, 3.05) is 50.2 Å². The molecule has 3 aliphatic rings. The number of allylic oxidation sites excluding steroid dienone is 1. The van der Waals surface area contributed by atoms with Gasteiger partial charge in [0.05, 0.1) is 36.7 Å². The summed E-state index contributed by atoms with van der Waals surface area (Å²) in [5, 5.41) is 11.8. The number of morpholine rings is 1. The van der Waals surface area contributed by atoms with E-state index in [1.54, 1.807) is 0 Å². The lowest BCUT2D eigenvalue weighted by atomic mass is 9.90. The third-order valence-electron chi connectivity index (χ3n) is 7.96. The normalized spacial score (nSPS) is 23.8. The van der Waals surface area contributed by atoms with Crippen molar-refractivity contribution < 1.29 is 9.47 Å². The van der Waals surface area contributed by atoms with Gasteiger partial charge in [-0.2, -0.15) is 10.1 Å². The van der Waals surface area contributed by atoms with E-state index in [2.05, 4.69) is 44.0 Å². The molecule has 2 aliphatic heterocycles. The highest BCUT2D eigenvalue weighted by Crippen LogP contribution is 2.30. The Labute approximate surface area is 218 Å². The third kappa shape index (κ3) is 5.51. The molecule has 1 aliphatic carbocycles. The Balaban J connectivity index is 1.19. The first kappa shape index (κ1) is 24.4. The van der Waals surface area contributed by atoms with Crippen molar-refractivity contribution >= 4 is 28.5 Å². The van der Waals surface area contributed by atoms with Crippen LogP contribution in [0.3, 0.4) is 0 Å². The van der Waals surface area contributed by atoms with Crippen LogP contribution in [0.4, 0.5) is 17.5 Å². The zero-order valence-electron chi connectivity index (χ0n) is 21.5. The first-order valence-corrected chi connectivity index (χ1v) is 13.7. The average Bonchev–Trinajstić information content (AvgIpc) is 3.58. The van der Waals surface area contributed by atoms with Crippen LogP contribution < -0.4 is 10.6 Å². The summed E-state index contributed by atoms with van der Waals surface area (Å²) in [6.45, 7) is 10.1. The fourth-order valence-electron chi connectivity index (χ4n) is 5.96. The predicted octanol–water partition coefficient (Wildman–Crippen LogP) is 3.96. The van der Waals surface area contributed by atoms with Crippen LogP contribution in [0.1, 0.15) is 44.6 Å². The molecular weight excluding hydrogens is 468 g/mol. The summed E-state index contributed by atoms with van der Waals surface area (Å²) in [5.41, 5.74) is 2.84. The quantitative estimate of drug-likeness (QED) is 0.444. The second-order valence-corrected chi connectivity index (χ2v) is 10.4. The maximum absolute atomic E-state index is 5.55. The fraction of sp³-hybridized carbons (Fsp3) is 0.593. The van der Waals surface area contributed by atoms with E-state index in [4.69, 9.17) is 19.4 Å². The van der Waals surface area contributed by atoms with Crippen LogP contribution in [0.15, 0.2) is 37.3 Å². The highest BCUT2D eigenvalue weighted by molar-refractivity contribution is 5.88. The number of rotatable bonds is 8. The molecular formula is C27H38N8O2. The van der Waals surface area contributed by atoms with E-state index in [-0.39, 0.29) is 0 Å². The van der Waals surface area contributed by atoms with Crippen molar-refractivity contribution in [1.82, 2.24) is 29.2 Å². The molecule has 3 aromatic heterocycles. The molecule has 1 saturated carbocycles. The Kier molecular flexibility index (Phi) is 7.38. The highest BCUT2D eigenvalue weighted by Gasteiger charge is 2.28. The molecule has 6 rings (SSSR count). The number of hydrogen-bond acceptors (Lipinski definition) is 8. The van der Waals surface area contributed by atoms with Crippen molar-refractivity contribution in [3.8, 4) is 0 Å². The molecule has 10 nitrogen and oxygen atoms in total. The van der Waals surface area contributed by atoms with Crippen LogP contribution in [-0.2, 0) is 16.0 Å². The van der Waals surface area contributed by atoms with Crippen molar-refractivity contribution in [1.29, 1.82) is 0 Å². The molecule has 3 fully saturated rings. The molecule has 10 heteroatoms. The lowest BCUT2D eigenvalue weighted by Crippen LogP contribution is -2.46. The third-order valence-corrected chi connectivity index (χ3v) is 7.96. The topological polar surface area (TPSA) is 94.3 Å². The van der Waals surface area contributed by atoms with Crippen LogP contribution in [0, 0.1) is 0 Å². The zero-order valence-corrected chi connectivity index (χ0v) is 21.5. The molecule has 0 unspecified atom stereocenters. The lowest BCUT2D eigenvalue weighted by Gasteiger charge is -2.39. The Morgan fingerprint density at radius 3 is 2.54 bits per heavy atom. The largest absolute Gasteiger partial charge is 0.381 e. The Morgan fingerprint density at radius 2 is 1.76 bits per heavy atom. The summed E-state index contributed by atoms with van der Waals surface area (Å²) in [6, 6.07) is 3.50. The van der Waals surface area contributed by atoms with Gasteiger partial charge in [0.25, 0.3) is 0 Å². The summed E-state index contributed by atoms with van der Waals surface area (Å²) in [6.07, 6.45) is 14.5. The minimum atomic E-state index is 0.380. The van der Waals surface area contributed by atoms with Gasteiger partial charge in [0.15, 0.2) is 5.82 Å². The van der Waals surface area contributed by atoms with Crippen LogP contribution in [0.5, 0.6) is 0 Å². The van der Waals surface area contributed by atoms with E-state index >= 15 is 0 Å².